The Labute approximate surface area is 112 Å². The van der Waals surface area contributed by atoms with E-state index in [2.05, 4.69) is 52.8 Å². The van der Waals surface area contributed by atoms with Crippen molar-refractivity contribution < 1.29 is 4.43 Å². The van der Waals surface area contributed by atoms with E-state index < -0.39 is 8.32 Å². The van der Waals surface area contributed by atoms with E-state index in [1.165, 1.54) is 0 Å². The summed E-state index contributed by atoms with van der Waals surface area (Å²) in [7, 11) is -1.76. The van der Waals surface area contributed by atoms with Crippen molar-refractivity contribution >= 4 is 14.0 Å². The van der Waals surface area contributed by atoms with Gasteiger partial charge in [-0.2, -0.15) is 5.10 Å². The van der Waals surface area contributed by atoms with Crippen LogP contribution >= 0.6 is 0 Å². The van der Waals surface area contributed by atoms with Gasteiger partial charge in [0.1, 0.15) is 0 Å². The van der Waals surface area contributed by atoms with Crippen molar-refractivity contribution in [3.05, 3.63) is 12.4 Å². The summed E-state index contributed by atoms with van der Waals surface area (Å²) in [6.07, 6.45) is 3.51. The van der Waals surface area contributed by atoms with Gasteiger partial charge in [-0.15, -0.1) is 0 Å². The third-order valence-electron chi connectivity index (χ3n) is 3.53. The van der Waals surface area contributed by atoms with Gasteiger partial charge in [0.25, 0.3) is 0 Å². The molecule has 1 aromatic heterocycles. The van der Waals surface area contributed by atoms with Crippen LogP contribution in [-0.2, 0) is 11.0 Å². The van der Waals surface area contributed by atoms with E-state index in [0.717, 1.165) is 6.54 Å². The quantitative estimate of drug-likeness (QED) is 0.854. The lowest BCUT2D eigenvalue weighted by Gasteiger charge is -2.42. The summed E-state index contributed by atoms with van der Waals surface area (Å²) in [6.45, 7) is 16.2. The van der Waals surface area contributed by atoms with E-state index in [1.807, 2.05) is 10.9 Å². The number of nitrogens with zero attached hydrogens (tertiary/aromatic N) is 2. The van der Waals surface area contributed by atoms with E-state index in [0.29, 0.717) is 5.69 Å². The second-order valence-electron chi connectivity index (χ2n) is 7.09. The first kappa shape index (κ1) is 15.2. The Kier molecular flexibility index (Phi) is 3.98. The summed E-state index contributed by atoms with van der Waals surface area (Å²) in [4.78, 5) is 0. The molecule has 0 aromatic carbocycles. The molecule has 1 rings (SSSR count). The Hall–Kier alpha value is -0.813. The lowest BCUT2D eigenvalue weighted by molar-refractivity contribution is 0.0692. The van der Waals surface area contributed by atoms with Gasteiger partial charge in [-0.05, 0) is 32.0 Å². The third kappa shape index (κ3) is 3.85. The number of rotatable bonds is 4. The van der Waals surface area contributed by atoms with Crippen LogP contribution in [0.1, 0.15) is 34.6 Å². The third-order valence-corrected chi connectivity index (χ3v) is 8.21. The fourth-order valence-corrected chi connectivity index (χ4v) is 3.48. The summed E-state index contributed by atoms with van der Waals surface area (Å²) < 4.78 is 8.29. The number of nitrogens with two attached hydrogens (primary N) is 1. The zero-order chi connectivity index (χ0) is 14.2. The molecule has 2 N–H and O–H groups in total. The van der Waals surface area contributed by atoms with Gasteiger partial charge in [-0.3, -0.25) is 4.68 Å². The van der Waals surface area contributed by atoms with E-state index >= 15 is 0 Å². The Morgan fingerprint density at radius 1 is 1.28 bits per heavy atom. The molecule has 1 heterocycles. The minimum atomic E-state index is -1.76. The smallest absolute Gasteiger partial charge is 0.192 e. The van der Waals surface area contributed by atoms with E-state index in [1.54, 1.807) is 6.20 Å². The van der Waals surface area contributed by atoms with Gasteiger partial charge >= 0.3 is 0 Å². The summed E-state index contributed by atoms with van der Waals surface area (Å²) in [6, 6.07) is 0. The molecule has 0 saturated carbocycles. The maximum atomic E-state index is 6.44. The van der Waals surface area contributed by atoms with E-state index in [9.17, 15) is 0 Å². The molecule has 5 heteroatoms. The Morgan fingerprint density at radius 2 is 1.83 bits per heavy atom. The Balaban J connectivity index is 2.76. The predicted molar refractivity (Wildman–Crippen MR) is 79.0 cm³/mol. The molecule has 4 nitrogen and oxygen atoms in total. The van der Waals surface area contributed by atoms with Crippen LogP contribution in [-0.4, -0.2) is 23.7 Å². The Morgan fingerprint density at radius 3 is 2.22 bits per heavy atom. The van der Waals surface area contributed by atoms with Gasteiger partial charge in [-0.25, -0.2) is 0 Å². The highest BCUT2D eigenvalue weighted by Gasteiger charge is 2.41. The number of nitrogen functional groups attached to an aromatic ring is 1. The molecule has 0 aliphatic rings. The molecule has 1 aromatic rings. The van der Waals surface area contributed by atoms with Crippen LogP contribution in [0.15, 0.2) is 12.4 Å². The standard InChI is InChI=1S/C13H27N3OSi/c1-12(2,3)18(6,7)17-13(4,5)10-16-9-11(14)8-15-16/h8-9H,10,14H2,1-7H3. The molecule has 0 atom stereocenters. The SMILES string of the molecule is CC(C)(Cn1cc(N)cn1)O[Si](C)(C)C(C)(C)C. The second kappa shape index (κ2) is 4.70. The summed E-state index contributed by atoms with van der Waals surface area (Å²) in [5.74, 6) is 0. The average Bonchev–Trinajstić information content (AvgIpc) is 2.45. The predicted octanol–water partition coefficient (Wildman–Crippen LogP) is 3.27. The van der Waals surface area contributed by atoms with Crippen LogP contribution in [0, 0.1) is 0 Å². The minimum absolute atomic E-state index is 0.216. The fraction of sp³-hybridized carbons (Fsp3) is 0.769. The first-order chi connectivity index (χ1) is 7.93. The maximum Gasteiger partial charge on any atom is 0.192 e. The van der Waals surface area contributed by atoms with Crippen LogP contribution in [0.2, 0.25) is 18.1 Å². The van der Waals surface area contributed by atoms with E-state index in [4.69, 9.17) is 10.2 Å². The fourth-order valence-electron chi connectivity index (χ4n) is 1.73. The molecule has 0 fully saturated rings. The summed E-state index contributed by atoms with van der Waals surface area (Å²) >= 11 is 0. The molecule has 0 bridgehead atoms. The molecular formula is C13H27N3OSi. The van der Waals surface area contributed by atoms with Gasteiger partial charge in [0.15, 0.2) is 8.32 Å². The van der Waals surface area contributed by atoms with Gasteiger partial charge < -0.3 is 10.2 Å². The zero-order valence-corrected chi connectivity index (χ0v) is 13.7. The van der Waals surface area contributed by atoms with E-state index in [-0.39, 0.29) is 10.6 Å². The highest BCUT2D eigenvalue weighted by atomic mass is 28.4. The number of aromatic nitrogens is 2. The van der Waals surface area contributed by atoms with Crippen molar-refractivity contribution in [2.45, 2.75) is 64.9 Å². The first-order valence-corrected chi connectivity index (χ1v) is 9.32. The summed E-state index contributed by atoms with van der Waals surface area (Å²) in [5.41, 5.74) is 6.14. The average molecular weight is 269 g/mol. The number of anilines is 1. The lowest BCUT2D eigenvalue weighted by atomic mass is 10.1. The number of hydrogen-bond acceptors (Lipinski definition) is 3. The van der Waals surface area contributed by atoms with Crippen LogP contribution < -0.4 is 5.73 Å². The Bertz CT molecular complexity index is 405. The monoisotopic (exact) mass is 269 g/mol. The van der Waals surface area contributed by atoms with Crippen molar-refractivity contribution in [2.75, 3.05) is 5.73 Å². The van der Waals surface area contributed by atoms with Gasteiger partial charge in [0.2, 0.25) is 0 Å². The van der Waals surface area contributed by atoms with Crippen molar-refractivity contribution in [2.24, 2.45) is 0 Å². The normalized spacial score (nSPS) is 13.9. The second-order valence-corrected chi connectivity index (χ2v) is 11.8. The molecular weight excluding hydrogens is 242 g/mol. The molecule has 0 unspecified atom stereocenters. The van der Waals surface area contributed by atoms with Crippen molar-refractivity contribution in [3.63, 3.8) is 0 Å². The number of hydrogen-bond donors (Lipinski definition) is 1. The molecule has 0 radical (unpaired) electrons. The van der Waals surface area contributed by atoms with Gasteiger partial charge in [0.05, 0.1) is 24.0 Å². The minimum Gasteiger partial charge on any atom is -0.410 e. The molecule has 0 saturated heterocycles. The maximum absolute atomic E-state index is 6.44. The molecule has 18 heavy (non-hydrogen) atoms. The van der Waals surface area contributed by atoms with Crippen molar-refractivity contribution in [3.8, 4) is 0 Å². The van der Waals surface area contributed by atoms with Crippen LogP contribution in [0.3, 0.4) is 0 Å². The zero-order valence-electron chi connectivity index (χ0n) is 12.7. The van der Waals surface area contributed by atoms with Crippen molar-refractivity contribution in [1.82, 2.24) is 9.78 Å². The van der Waals surface area contributed by atoms with Crippen molar-refractivity contribution in [1.29, 1.82) is 0 Å². The molecule has 0 aliphatic heterocycles. The van der Waals surface area contributed by atoms with Gasteiger partial charge in [-0.1, -0.05) is 20.8 Å². The largest absolute Gasteiger partial charge is 0.410 e. The summed E-state index contributed by atoms with van der Waals surface area (Å²) in [5, 5.41) is 4.44. The molecule has 0 spiro atoms. The van der Waals surface area contributed by atoms with Crippen LogP contribution in [0.4, 0.5) is 5.69 Å². The highest BCUT2D eigenvalue weighted by molar-refractivity contribution is 6.74. The highest BCUT2D eigenvalue weighted by Crippen LogP contribution is 2.39. The van der Waals surface area contributed by atoms with Crippen LogP contribution in [0.5, 0.6) is 0 Å². The van der Waals surface area contributed by atoms with Crippen LogP contribution in [0.25, 0.3) is 0 Å². The molecule has 0 amide bonds. The molecule has 0 aliphatic carbocycles. The topological polar surface area (TPSA) is 53.1 Å². The van der Waals surface area contributed by atoms with Gasteiger partial charge in [0, 0.05) is 6.20 Å². The lowest BCUT2D eigenvalue weighted by Crippen LogP contribution is -2.49. The molecule has 104 valence electrons. The first-order valence-electron chi connectivity index (χ1n) is 6.41.